The van der Waals surface area contributed by atoms with Gasteiger partial charge in [-0.1, -0.05) is 13.8 Å². The molecular weight excluding hydrogens is 234 g/mol. The summed E-state index contributed by atoms with van der Waals surface area (Å²) < 4.78 is 0. The largest absolute Gasteiger partial charge is 0.357 e. The van der Waals surface area contributed by atoms with Gasteiger partial charge in [0.05, 0.1) is 0 Å². The predicted octanol–water partition coefficient (Wildman–Crippen LogP) is 3.29. The van der Waals surface area contributed by atoms with Gasteiger partial charge in [-0.2, -0.15) is 0 Å². The van der Waals surface area contributed by atoms with Crippen LogP contribution in [-0.4, -0.2) is 25.1 Å². The van der Waals surface area contributed by atoms with E-state index in [1.807, 2.05) is 7.05 Å². The van der Waals surface area contributed by atoms with Crippen LogP contribution in [0, 0.1) is 19.8 Å². The van der Waals surface area contributed by atoms with Crippen molar-refractivity contribution in [2.45, 2.75) is 53.6 Å². The summed E-state index contributed by atoms with van der Waals surface area (Å²) in [5, 5.41) is 3.25. The first-order valence-corrected chi connectivity index (χ1v) is 7.21. The Morgan fingerprint density at radius 3 is 2.42 bits per heavy atom. The minimum absolute atomic E-state index is 0.504. The fourth-order valence-electron chi connectivity index (χ4n) is 2.58. The van der Waals surface area contributed by atoms with Crippen LogP contribution >= 0.6 is 0 Å². The van der Waals surface area contributed by atoms with Crippen LogP contribution in [0.4, 0.5) is 5.82 Å². The SMILES string of the molecule is CNCc1c(C)cc(C)nc1N(C)C(C)CC(C)C. The molecule has 0 fully saturated rings. The molecule has 3 nitrogen and oxygen atoms in total. The Morgan fingerprint density at radius 2 is 1.89 bits per heavy atom. The number of aryl methyl sites for hydroxylation is 2. The number of hydrogen-bond acceptors (Lipinski definition) is 3. The lowest BCUT2D eigenvalue weighted by Crippen LogP contribution is -2.32. The summed E-state index contributed by atoms with van der Waals surface area (Å²) in [5.41, 5.74) is 3.72. The number of hydrogen-bond donors (Lipinski definition) is 1. The maximum absolute atomic E-state index is 4.77. The van der Waals surface area contributed by atoms with E-state index >= 15 is 0 Å². The summed E-state index contributed by atoms with van der Waals surface area (Å²) in [6.45, 7) is 11.9. The first-order valence-electron chi connectivity index (χ1n) is 7.21. The summed E-state index contributed by atoms with van der Waals surface area (Å²) in [5.74, 6) is 1.83. The van der Waals surface area contributed by atoms with Crippen LogP contribution in [0.1, 0.15) is 44.0 Å². The molecule has 1 rings (SSSR count). The van der Waals surface area contributed by atoms with Crippen LogP contribution in [0.25, 0.3) is 0 Å². The van der Waals surface area contributed by atoms with Crippen LogP contribution in [-0.2, 0) is 6.54 Å². The molecule has 0 saturated heterocycles. The second kappa shape index (κ2) is 6.90. The number of nitrogens with one attached hydrogen (secondary N) is 1. The van der Waals surface area contributed by atoms with Crippen LogP contribution < -0.4 is 10.2 Å². The number of anilines is 1. The average Bonchev–Trinajstić information content (AvgIpc) is 2.30. The van der Waals surface area contributed by atoms with Gasteiger partial charge in [-0.05, 0) is 51.8 Å². The van der Waals surface area contributed by atoms with Crippen LogP contribution in [0.2, 0.25) is 0 Å². The van der Waals surface area contributed by atoms with Crippen molar-refractivity contribution in [2.24, 2.45) is 5.92 Å². The Balaban J connectivity index is 3.09. The standard InChI is InChI=1S/C16H29N3/c1-11(2)8-14(5)19(7)16-15(10-17-6)12(3)9-13(4)18-16/h9,11,14,17H,8,10H2,1-7H3. The first kappa shape index (κ1) is 16.0. The van der Waals surface area contributed by atoms with Crippen molar-refractivity contribution in [1.82, 2.24) is 10.3 Å². The highest BCUT2D eigenvalue weighted by Gasteiger charge is 2.17. The molecule has 1 unspecified atom stereocenters. The van der Waals surface area contributed by atoms with Gasteiger partial charge in [-0.3, -0.25) is 0 Å². The molecular formula is C16H29N3. The van der Waals surface area contributed by atoms with Gasteiger partial charge in [0.2, 0.25) is 0 Å². The monoisotopic (exact) mass is 263 g/mol. The second-order valence-corrected chi connectivity index (χ2v) is 6.00. The summed E-state index contributed by atoms with van der Waals surface area (Å²) in [6, 6.07) is 2.67. The van der Waals surface area contributed by atoms with E-state index in [1.54, 1.807) is 0 Å². The average molecular weight is 263 g/mol. The fraction of sp³-hybridized carbons (Fsp3) is 0.688. The molecule has 0 radical (unpaired) electrons. The van der Waals surface area contributed by atoms with Crippen LogP contribution in [0.3, 0.4) is 0 Å². The quantitative estimate of drug-likeness (QED) is 0.853. The Hall–Kier alpha value is -1.09. The van der Waals surface area contributed by atoms with Crippen molar-refractivity contribution in [1.29, 1.82) is 0 Å². The number of aromatic nitrogens is 1. The number of pyridine rings is 1. The maximum atomic E-state index is 4.77. The van der Waals surface area contributed by atoms with Crippen molar-refractivity contribution in [3.8, 4) is 0 Å². The fourth-order valence-corrected chi connectivity index (χ4v) is 2.58. The van der Waals surface area contributed by atoms with Crippen molar-refractivity contribution in [3.05, 3.63) is 22.9 Å². The van der Waals surface area contributed by atoms with E-state index < -0.39 is 0 Å². The lowest BCUT2D eigenvalue weighted by Gasteiger charge is -2.30. The molecule has 0 aliphatic carbocycles. The molecule has 108 valence electrons. The van der Waals surface area contributed by atoms with E-state index in [0.717, 1.165) is 18.1 Å². The molecule has 3 heteroatoms. The van der Waals surface area contributed by atoms with E-state index in [2.05, 4.69) is 57.9 Å². The maximum Gasteiger partial charge on any atom is 0.133 e. The molecule has 0 aliphatic rings. The minimum atomic E-state index is 0.504. The molecule has 0 saturated carbocycles. The Morgan fingerprint density at radius 1 is 1.26 bits per heavy atom. The lowest BCUT2D eigenvalue weighted by atomic mass is 10.0. The molecule has 19 heavy (non-hydrogen) atoms. The van der Waals surface area contributed by atoms with Crippen molar-refractivity contribution in [3.63, 3.8) is 0 Å². The van der Waals surface area contributed by atoms with Gasteiger partial charge >= 0.3 is 0 Å². The molecule has 0 spiro atoms. The Bertz CT molecular complexity index is 413. The van der Waals surface area contributed by atoms with Gasteiger partial charge in [0.15, 0.2) is 0 Å². The van der Waals surface area contributed by atoms with E-state index in [9.17, 15) is 0 Å². The summed E-state index contributed by atoms with van der Waals surface area (Å²) in [7, 11) is 4.15. The molecule has 1 heterocycles. The molecule has 0 bridgehead atoms. The third-order valence-corrected chi connectivity index (χ3v) is 3.61. The minimum Gasteiger partial charge on any atom is -0.357 e. The molecule has 0 amide bonds. The third-order valence-electron chi connectivity index (χ3n) is 3.61. The van der Waals surface area contributed by atoms with Gasteiger partial charge in [0, 0.05) is 30.9 Å². The molecule has 1 N–H and O–H groups in total. The van der Waals surface area contributed by atoms with E-state index in [1.165, 1.54) is 17.5 Å². The zero-order chi connectivity index (χ0) is 14.6. The normalized spacial score (nSPS) is 12.8. The van der Waals surface area contributed by atoms with E-state index in [4.69, 9.17) is 4.98 Å². The van der Waals surface area contributed by atoms with E-state index in [-0.39, 0.29) is 0 Å². The third kappa shape index (κ3) is 4.20. The van der Waals surface area contributed by atoms with Gasteiger partial charge in [0.25, 0.3) is 0 Å². The van der Waals surface area contributed by atoms with Crippen molar-refractivity contribution >= 4 is 5.82 Å². The highest BCUT2D eigenvalue weighted by atomic mass is 15.2. The summed E-state index contributed by atoms with van der Waals surface area (Å²) in [6.07, 6.45) is 1.18. The van der Waals surface area contributed by atoms with Crippen molar-refractivity contribution in [2.75, 3.05) is 19.0 Å². The molecule has 1 atom stereocenters. The predicted molar refractivity (Wildman–Crippen MR) is 83.8 cm³/mol. The number of nitrogens with zero attached hydrogens (tertiary/aromatic N) is 2. The molecule has 1 aromatic heterocycles. The van der Waals surface area contributed by atoms with Gasteiger partial charge in [-0.25, -0.2) is 4.98 Å². The van der Waals surface area contributed by atoms with Crippen molar-refractivity contribution < 1.29 is 0 Å². The smallest absolute Gasteiger partial charge is 0.133 e. The van der Waals surface area contributed by atoms with Gasteiger partial charge in [0.1, 0.15) is 5.82 Å². The van der Waals surface area contributed by atoms with Crippen LogP contribution in [0.15, 0.2) is 6.07 Å². The highest BCUT2D eigenvalue weighted by molar-refractivity contribution is 5.51. The zero-order valence-electron chi connectivity index (χ0n) is 13.5. The number of rotatable bonds is 6. The topological polar surface area (TPSA) is 28.2 Å². The Labute approximate surface area is 118 Å². The Kier molecular flexibility index (Phi) is 5.80. The van der Waals surface area contributed by atoms with Gasteiger partial charge in [-0.15, -0.1) is 0 Å². The van der Waals surface area contributed by atoms with E-state index in [0.29, 0.717) is 12.0 Å². The molecule has 0 aromatic carbocycles. The van der Waals surface area contributed by atoms with Crippen LogP contribution in [0.5, 0.6) is 0 Å². The first-order chi connectivity index (χ1) is 8.86. The zero-order valence-corrected chi connectivity index (χ0v) is 13.5. The summed E-state index contributed by atoms with van der Waals surface area (Å²) in [4.78, 5) is 7.09. The molecule has 0 aliphatic heterocycles. The highest BCUT2D eigenvalue weighted by Crippen LogP contribution is 2.24. The summed E-state index contributed by atoms with van der Waals surface area (Å²) >= 11 is 0. The second-order valence-electron chi connectivity index (χ2n) is 6.00. The molecule has 1 aromatic rings. The lowest BCUT2D eigenvalue weighted by molar-refractivity contribution is 0.501. The van der Waals surface area contributed by atoms with Gasteiger partial charge < -0.3 is 10.2 Å².